The minimum atomic E-state index is -4.37. The van der Waals surface area contributed by atoms with E-state index in [0.717, 1.165) is 12.1 Å². The Balaban J connectivity index is 1.94. The van der Waals surface area contributed by atoms with Gasteiger partial charge in [0.1, 0.15) is 18.5 Å². The number of aliphatic hydroxyl groups excluding tert-OH is 1. The lowest BCUT2D eigenvalue weighted by Crippen LogP contribution is -2.10. The smallest absolute Gasteiger partial charge is 0.416 e. The number of pyridine rings is 1. The fraction of sp³-hybridized carbons (Fsp3) is 0.214. The summed E-state index contributed by atoms with van der Waals surface area (Å²) in [6.45, 7) is -0.0585. The molecule has 1 aromatic heterocycles. The van der Waals surface area contributed by atoms with Crippen molar-refractivity contribution in [3.8, 4) is 5.75 Å². The molecular weight excluding hydrogens is 271 g/mol. The van der Waals surface area contributed by atoms with E-state index in [1.54, 1.807) is 18.3 Å². The third-order valence-electron chi connectivity index (χ3n) is 2.66. The monoisotopic (exact) mass is 283 g/mol. The van der Waals surface area contributed by atoms with E-state index in [2.05, 4.69) is 4.98 Å². The second-order valence-electron chi connectivity index (χ2n) is 4.14. The molecule has 0 saturated carbocycles. The highest BCUT2D eigenvalue weighted by atomic mass is 19.4. The first-order valence-corrected chi connectivity index (χ1v) is 5.85. The number of halogens is 3. The minimum absolute atomic E-state index is 0.0585. The lowest BCUT2D eigenvalue weighted by molar-refractivity contribution is -0.137. The topological polar surface area (TPSA) is 42.4 Å². The number of aromatic nitrogens is 1. The van der Waals surface area contributed by atoms with Crippen molar-refractivity contribution in [3.63, 3.8) is 0 Å². The lowest BCUT2D eigenvalue weighted by atomic mass is 10.2. The van der Waals surface area contributed by atoms with Gasteiger partial charge in [-0.05, 0) is 30.3 Å². The summed E-state index contributed by atoms with van der Waals surface area (Å²) in [6, 6.07) is 7.68. The van der Waals surface area contributed by atoms with Crippen molar-refractivity contribution in [1.82, 2.24) is 4.98 Å². The molecule has 0 spiro atoms. The van der Waals surface area contributed by atoms with Crippen LogP contribution in [-0.4, -0.2) is 16.7 Å². The van der Waals surface area contributed by atoms with E-state index < -0.39 is 17.8 Å². The Morgan fingerprint density at radius 3 is 2.40 bits per heavy atom. The molecule has 1 N–H and O–H groups in total. The lowest BCUT2D eigenvalue weighted by Gasteiger charge is -2.13. The van der Waals surface area contributed by atoms with Gasteiger partial charge >= 0.3 is 6.18 Å². The summed E-state index contributed by atoms with van der Waals surface area (Å²) >= 11 is 0. The highest BCUT2D eigenvalue weighted by molar-refractivity contribution is 5.29. The first kappa shape index (κ1) is 14.3. The highest BCUT2D eigenvalue weighted by Crippen LogP contribution is 2.30. The van der Waals surface area contributed by atoms with Gasteiger partial charge in [-0.2, -0.15) is 13.2 Å². The van der Waals surface area contributed by atoms with Gasteiger partial charge in [0.2, 0.25) is 0 Å². The number of ether oxygens (including phenoxy) is 1. The molecule has 3 nitrogen and oxygen atoms in total. The van der Waals surface area contributed by atoms with Gasteiger partial charge in [-0.1, -0.05) is 6.07 Å². The summed E-state index contributed by atoms with van der Waals surface area (Å²) < 4.78 is 42.3. The Morgan fingerprint density at radius 1 is 1.15 bits per heavy atom. The zero-order chi connectivity index (χ0) is 14.6. The number of hydrogen-bond donors (Lipinski definition) is 1. The van der Waals surface area contributed by atoms with Gasteiger partial charge in [-0.3, -0.25) is 4.98 Å². The van der Waals surface area contributed by atoms with Crippen molar-refractivity contribution in [2.24, 2.45) is 0 Å². The number of hydrogen-bond acceptors (Lipinski definition) is 3. The zero-order valence-corrected chi connectivity index (χ0v) is 10.3. The minimum Gasteiger partial charge on any atom is -0.491 e. The molecule has 2 aromatic rings. The Morgan fingerprint density at radius 2 is 1.85 bits per heavy atom. The van der Waals surface area contributed by atoms with Crippen LogP contribution >= 0.6 is 0 Å². The van der Waals surface area contributed by atoms with Crippen molar-refractivity contribution in [2.75, 3.05) is 6.61 Å². The molecule has 1 aromatic carbocycles. The van der Waals surface area contributed by atoms with E-state index in [1.807, 2.05) is 0 Å². The van der Waals surface area contributed by atoms with Gasteiger partial charge in [0.25, 0.3) is 0 Å². The average molecular weight is 283 g/mol. The summed E-state index contributed by atoms with van der Waals surface area (Å²) in [5, 5.41) is 9.82. The number of aliphatic hydroxyl groups is 1. The van der Waals surface area contributed by atoms with Crippen molar-refractivity contribution in [2.45, 2.75) is 12.3 Å². The molecule has 0 aliphatic rings. The van der Waals surface area contributed by atoms with Gasteiger partial charge in [-0.25, -0.2) is 0 Å². The number of nitrogens with zero attached hydrogens (tertiary/aromatic N) is 1. The van der Waals surface area contributed by atoms with E-state index in [9.17, 15) is 18.3 Å². The summed E-state index contributed by atoms with van der Waals surface area (Å²) in [5.41, 5.74) is -0.155. The molecule has 20 heavy (non-hydrogen) atoms. The largest absolute Gasteiger partial charge is 0.491 e. The third kappa shape index (κ3) is 3.71. The molecule has 0 aliphatic carbocycles. The van der Waals surface area contributed by atoms with Crippen LogP contribution in [0.3, 0.4) is 0 Å². The van der Waals surface area contributed by atoms with Crippen molar-refractivity contribution < 1.29 is 23.0 Å². The summed E-state index contributed by atoms with van der Waals surface area (Å²) in [6.07, 6.45) is -2.17. The Bertz CT molecular complexity index is 541. The third-order valence-corrected chi connectivity index (χ3v) is 2.66. The molecule has 2 rings (SSSR count). The quantitative estimate of drug-likeness (QED) is 0.936. The first-order valence-electron chi connectivity index (χ1n) is 5.85. The van der Waals surface area contributed by atoms with Gasteiger partial charge in [-0.15, -0.1) is 0 Å². The Hall–Kier alpha value is -2.08. The van der Waals surface area contributed by atoms with Gasteiger partial charge in [0.15, 0.2) is 0 Å². The van der Waals surface area contributed by atoms with E-state index >= 15 is 0 Å². The van der Waals surface area contributed by atoms with Crippen LogP contribution in [0.2, 0.25) is 0 Å². The molecule has 6 heteroatoms. The maximum absolute atomic E-state index is 12.4. The maximum Gasteiger partial charge on any atom is 0.416 e. The molecule has 0 bridgehead atoms. The molecule has 106 valence electrons. The van der Waals surface area contributed by atoms with Crippen molar-refractivity contribution >= 4 is 0 Å². The van der Waals surface area contributed by atoms with E-state index in [4.69, 9.17) is 4.74 Å². The summed E-state index contributed by atoms with van der Waals surface area (Å²) in [4.78, 5) is 3.86. The predicted molar refractivity (Wildman–Crippen MR) is 66.1 cm³/mol. The van der Waals surface area contributed by atoms with Crippen LogP contribution in [0, 0.1) is 0 Å². The van der Waals surface area contributed by atoms with Crippen molar-refractivity contribution in [3.05, 3.63) is 59.9 Å². The Kier molecular flexibility index (Phi) is 4.24. The van der Waals surface area contributed by atoms with Crippen LogP contribution in [0.25, 0.3) is 0 Å². The molecule has 1 heterocycles. The SMILES string of the molecule is OC(COc1ccc(C(F)(F)F)cc1)c1cccnc1. The first-order chi connectivity index (χ1) is 9.47. The molecule has 0 saturated heterocycles. The number of alkyl halides is 3. The molecule has 0 amide bonds. The standard InChI is InChI=1S/C14H12F3NO2/c15-14(16,17)11-3-5-12(6-4-11)20-9-13(19)10-2-1-7-18-8-10/h1-8,13,19H,9H2. The van der Waals surface area contributed by atoms with E-state index in [-0.39, 0.29) is 12.4 Å². The molecular formula is C14H12F3NO2. The zero-order valence-electron chi connectivity index (χ0n) is 10.3. The second-order valence-corrected chi connectivity index (χ2v) is 4.14. The fourth-order valence-electron chi connectivity index (χ4n) is 1.58. The average Bonchev–Trinajstić information content (AvgIpc) is 2.45. The van der Waals surface area contributed by atoms with E-state index in [1.165, 1.54) is 18.3 Å². The number of rotatable bonds is 4. The molecule has 0 radical (unpaired) electrons. The second kappa shape index (κ2) is 5.92. The molecule has 0 fully saturated rings. The van der Waals surface area contributed by atoms with Gasteiger partial charge < -0.3 is 9.84 Å². The summed E-state index contributed by atoms with van der Waals surface area (Å²) in [7, 11) is 0. The summed E-state index contributed by atoms with van der Waals surface area (Å²) in [5.74, 6) is 0.265. The fourth-order valence-corrected chi connectivity index (χ4v) is 1.58. The molecule has 0 aliphatic heterocycles. The Labute approximate surface area is 113 Å². The van der Waals surface area contributed by atoms with Gasteiger partial charge in [0.05, 0.1) is 5.56 Å². The van der Waals surface area contributed by atoms with Crippen LogP contribution in [0.5, 0.6) is 5.75 Å². The highest BCUT2D eigenvalue weighted by Gasteiger charge is 2.30. The number of benzene rings is 1. The van der Waals surface area contributed by atoms with Crippen LogP contribution in [-0.2, 0) is 6.18 Å². The normalized spacial score (nSPS) is 13.0. The van der Waals surface area contributed by atoms with Crippen LogP contribution in [0.1, 0.15) is 17.2 Å². The molecule has 1 unspecified atom stereocenters. The van der Waals surface area contributed by atoms with Crippen molar-refractivity contribution in [1.29, 1.82) is 0 Å². The maximum atomic E-state index is 12.4. The van der Waals surface area contributed by atoms with Crippen LogP contribution in [0.15, 0.2) is 48.8 Å². The molecule has 1 atom stereocenters. The van der Waals surface area contributed by atoms with Crippen LogP contribution < -0.4 is 4.74 Å². The van der Waals surface area contributed by atoms with Gasteiger partial charge in [0, 0.05) is 18.0 Å². The van der Waals surface area contributed by atoms with E-state index in [0.29, 0.717) is 5.56 Å². The van der Waals surface area contributed by atoms with Crippen LogP contribution in [0.4, 0.5) is 13.2 Å². The predicted octanol–water partition coefficient (Wildman–Crippen LogP) is 3.21.